The van der Waals surface area contributed by atoms with Gasteiger partial charge in [-0.05, 0) is 25.2 Å². The van der Waals surface area contributed by atoms with Gasteiger partial charge in [0.25, 0.3) is 0 Å². The molecular formula is C13H24O4. The second-order valence-electron chi connectivity index (χ2n) is 5.26. The molecule has 2 aliphatic rings. The molecule has 0 radical (unpaired) electrons. The molecule has 17 heavy (non-hydrogen) atoms. The van der Waals surface area contributed by atoms with Crippen molar-refractivity contribution in [3.8, 4) is 0 Å². The molecule has 0 amide bonds. The molecule has 0 saturated carbocycles. The number of hydrogen-bond donors (Lipinski definition) is 1. The van der Waals surface area contributed by atoms with E-state index in [9.17, 15) is 5.11 Å². The molecule has 2 heterocycles. The van der Waals surface area contributed by atoms with Crippen LogP contribution in [0.1, 0.15) is 32.6 Å². The quantitative estimate of drug-likeness (QED) is 0.811. The minimum atomic E-state index is -0.383. The van der Waals surface area contributed by atoms with Gasteiger partial charge in [-0.1, -0.05) is 6.92 Å². The summed E-state index contributed by atoms with van der Waals surface area (Å²) in [7, 11) is 1.67. The van der Waals surface area contributed by atoms with E-state index in [0.29, 0.717) is 6.61 Å². The van der Waals surface area contributed by atoms with Crippen molar-refractivity contribution in [3.05, 3.63) is 0 Å². The first-order valence-corrected chi connectivity index (χ1v) is 6.63. The van der Waals surface area contributed by atoms with Gasteiger partial charge in [0.1, 0.15) is 0 Å². The highest BCUT2D eigenvalue weighted by Crippen LogP contribution is 2.38. The Labute approximate surface area is 103 Å². The van der Waals surface area contributed by atoms with Crippen molar-refractivity contribution >= 4 is 0 Å². The van der Waals surface area contributed by atoms with Crippen molar-refractivity contribution in [3.63, 3.8) is 0 Å². The van der Waals surface area contributed by atoms with Crippen LogP contribution >= 0.6 is 0 Å². The minimum absolute atomic E-state index is 0.0579. The van der Waals surface area contributed by atoms with Crippen LogP contribution in [-0.4, -0.2) is 49.8 Å². The van der Waals surface area contributed by atoms with Gasteiger partial charge in [-0.3, -0.25) is 0 Å². The SMILES string of the molecule is CCC(OC)C(O)C1CCOC2(CCOC2)C1. The lowest BCUT2D eigenvalue weighted by Crippen LogP contribution is -2.46. The summed E-state index contributed by atoms with van der Waals surface area (Å²) in [4.78, 5) is 0. The van der Waals surface area contributed by atoms with Gasteiger partial charge < -0.3 is 19.3 Å². The highest BCUT2D eigenvalue weighted by Gasteiger charge is 2.43. The van der Waals surface area contributed by atoms with Crippen LogP contribution in [0, 0.1) is 5.92 Å². The van der Waals surface area contributed by atoms with Gasteiger partial charge in [0, 0.05) is 26.7 Å². The van der Waals surface area contributed by atoms with Crippen molar-refractivity contribution in [1.82, 2.24) is 0 Å². The van der Waals surface area contributed by atoms with Crippen LogP contribution in [0.15, 0.2) is 0 Å². The summed E-state index contributed by atoms with van der Waals surface area (Å²) in [6, 6.07) is 0. The molecule has 0 aliphatic carbocycles. The highest BCUT2D eigenvalue weighted by molar-refractivity contribution is 4.93. The summed E-state index contributed by atoms with van der Waals surface area (Å²) in [5.41, 5.74) is -0.129. The first-order chi connectivity index (χ1) is 8.21. The maximum Gasteiger partial charge on any atom is 0.0940 e. The molecule has 2 rings (SSSR count). The molecule has 2 saturated heterocycles. The number of ether oxygens (including phenoxy) is 3. The summed E-state index contributed by atoms with van der Waals surface area (Å²) >= 11 is 0. The third-order valence-corrected chi connectivity index (χ3v) is 4.17. The van der Waals surface area contributed by atoms with E-state index in [0.717, 1.165) is 38.9 Å². The first kappa shape index (κ1) is 13.3. The van der Waals surface area contributed by atoms with E-state index >= 15 is 0 Å². The minimum Gasteiger partial charge on any atom is -0.390 e. The lowest BCUT2D eigenvalue weighted by atomic mass is 9.80. The smallest absolute Gasteiger partial charge is 0.0940 e. The molecule has 1 spiro atoms. The van der Waals surface area contributed by atoms with Crippen LogP contribution in [-0.2, 0) is 14.2 Å². The Morgan fingerprint density at radius 3 is 2.88 bits per heavy atom. The molecule has 0 aromatic rings. The van der Waals surface area contributed by atoms with Crippen LogP contribution in [0.4, 0.5) is 0 Å². The molecule has 4 atom stereocenters. The van der Waals surface area contributed by atoms with E-state index in [1.807, 2.05) is 6.92 Å². The van der Waals surface area contributed by atoms with Crippen molar-refractivity contribution in [2.45, 2.75) is 50.4 Å². The standard InChI is InChI=1S/C13H24O4/c1-3-11(15-2)12(14)10-4-6-17-13(8-10)5-7-16-9-13/h10-12,14H,3-9H2,1-2H3. The third kappa shape index (κ3) is 2.81. The summed E-state index contributed by atoms with van der Waals surface area (Å²) in [6.07, 6.45) is 3.18. The predicted octanol–water partition coefficient (Wildman–Crippen LogP) is 1.36. The van der Waals surface area contributed by atoms with Gasteiger partial charge >= 0.3 is 0 Å². The molecular weight excluding hydrogens is 220 g/mol. The molecule has 0 bridgehead atoms. The lowest BCUT2D eigenvalue weighted by Gasteiger charge is -2.40. The molecule has 4 nitrogen and oxygen atoms in total. The Morgan fingerprint density at radius 2 is 2.29 bits per heavy atom. The van der Waals surface area contributed by atoms with Crippen LogP contribution in [0.3, 0.4) is 0 Å². The third-order valence-electron chi connectivity index (χ3n) is 4.17. The van der Waals surface area contributed by atoms with Gasteiger partial charge in [-0.2, -0.15) is 0 Å². The molecule has 0 aromatic carbocycles. The summed E-state index contributed by atoms with van der Waals surface area (Å²) in [5, 5.41) is 10.4. The largest absolute Gasteiger partial charge is 0.390 e. The summed E-state index contributed by atoms with van der Waals surface area (Å²) in [5.74, 6) is 0.273. The fraction of sp³-hybridized carbons (Fsp3) is 1.00. The van der Waals surface area contributed by atoms with E-state index in [4.69, 9.17) is 14.2 Å². The first-order valence-electron chi connectivity index (χ1n) is 6.63. The molecule has 4 unspecified atom stereocenters. The molecule has 2 fully saturated rings. The maximum atomic E-state index is 10.4. The number of aliphatic hydroxyl groups excluding tert-OH is 1. The predicted molar refractivity (Wildman–Crippen MR) is 63.9 cm³/mol. The number of aliphatic hydroxyl groups is 1. The monoisotopic (exact) mass is 244 g/mol. The van der Waals surface area contributed by atoms with E-state index in [-0.39, 0.29) is 23.7 Å². The number of methoxy groups -OCH3 is 1. The molecule has 0 aromatic heterocycles. The van der Waals surface area contributed by atoms with E-state index in [1.165, 1.54) is 0 Å². The van der Waals surface area contributed by atoms with Gasteiger partial charge in [0.05, 0.1) is 24.4 Å². The van der Waals surface area contributed by atoms with Crippen LogP contribution < -0.4 is 0 Å². The Morgan fingerprint density at radius 1 is 1.47 bits per heavy atom. The summed E-state index contributed by atoms with van der Waals surface area (Å²) in [6.45, 7) is 4.24. The van der Waals surface area contributed by atoms with Crippen molar-refractivity contribution < 1.29 is 19.3 Å². The van der Waals surface area contributed by atoms with Gasteiger partial charge in [-0.25, -0.2) is 0 Å². The fourth-order valence-corrected chi connectivity index (χ4v) is 3.07. The molecule has 100 valence electrons. The zero-order chi connectivity index (χ0) is 12.3. The Kier molecular flexibility index (Phi) is 4.42. The zero-order valence-corrected chi connectivity index (χ0v) is 10.9. The van der Waals surface area contributed by atoms with Crippen molar-refractivity contribution in [2.75, 3.05) is 26.9 Å². The van der Waals surface area contributed by atoms with Gasteiger partial charge in [0.2, 0.25) is 0 Å². The average Bonchev–Trinajstić information content (AvgIpc) is 2.78. The van der Waals surface area contributed by atoms with E-state index in [2.05, 4.69) is 0 Å². The van der Waals surface area contributed by atoms with Gasteiger partial charge in [-0.15, -0.1) is 0 Å². The average molecular weight is 244 g/mol. The number of hydrogen-bond acceptors (Lipinski definition) is 4. The topological polar surface area (TPSA) is 47.9 Å². The Bertz CT molecular complexity index is 234. The van der Waals surface area contributed by atoms with E-state index in [1.54, 1.807) is 7.11 Å². The van der Waals surface area contributed by atoms with Crippen LogP contribution in [0.2, 0.25) is 0 Å². The maximum absolute atomic E-state index is 10.4. The number of rotatable bonds is 4. The summed E-state index contributed by atoms with van der Waals surface area (Å²) < 4.78 is 16.7. The fourth-order valence-electron chi connectivity index (χ4n) is 3.07. The second-order valence-corrected chi connectivity index (χ2v) is 5.26. The molecule has 1 N–H and O–H groups in total. The van der Waals surface area contributed by atoms with Crippen molar-refractivity contribution in [2.24, 2.45) is 5.92 Å². The zero-order valence-electron chi connectivity index (χ0n) is 10.9. The Balaban J connectivity index is 1.96. The highest BCUT2D eigenvalue weighted by atomic mass is 16.6. The lowest BCUT2D eigenvalue weighted by molar-refractivity contribution is -0.135. The molecule has 4 heteroatoms. The second kappa shape index (κ2) is 5.65. The normalized spacial score (nSPS) is 37.2. The molecule has 2 aliphatic heterocycles. The van der Waals surface area contributed by atoms with Crippen molar-refractivity contribution in [1.29, 1.82) is 0 Å². The van der Waals surface area contributed by atoms with Gasteiger partial charge in [0.15, 0.2) is 0 Å². The van der Waals surface area contributed by atoms with E-state index < -0.39 is 0 Å². The van der Waals surface area contributed by atoms with Crippen LogP contribution in [0.5, 0.6) is 0 Å². The Hall–Kier alpha value is -0.160. The van der Waals surface area contributed by atoms with Crippen LogP contribution in [0.25, 0.3) is 0 Å².